The van der Waals surface area contributed by atoms with Crippen LogP contribution >= 0.6 is 0 Å². The summed E-state index contributed by atoms with van der Waals surface area (Å²) < 4.78 is 11.0. The lowest BCUT2D eigenvalue weighted by Gasteiger charge is -2.25. The van der Waals surface area contributed by atoms with E-state index in [0.717, 1.165) is 23.2 Å². The van der Waals surface area contributed by atoms with Gasteiger partial charge >= 0.3 is 5.97 Å². The Morgan fingerprint density at radius 2 is 1.74 bits per heavy atom. The average molecular weight is 417 g/mol. The van der Waals surface area contributed by atoms with Crippen molar-refractivity contribution < 1.29 is 23.5 Å². The summed E-state index contributed by atoms with van der Waals surface area (Å²) in [7, 11) is 0. The lowest BCUT2D eigenvalue weighted by Crippen LogP contribution is -2.43. The minimum absolute atomic E-state index is 0.000702. The molecule has 1 aromatic heterocycles. The second-order valence-electron chi connectivity index (χ2n) is 7.74. The maximum Gasteiger partial charge on any atom is 0.375 e. The van der Waals surface area contributed by atoms with Gasteiger partial charge in [0.2, 0.25) is 5.76 Å². The van der Waals surface area contributed by atoms with Crippen molar-refractivity contribution in [1.82, 2.24) is 0 Å². The number of para-hydroxylation sites is 1. The Kier molecular flexibility index (Phi) is 5.46. The SMILES string of the molecule is CC(=O)c1ccc(-c2ccc(C(=O)O[C@H](C)C(=O)N3c4ccccc4C[C@@H]3C)o2)cc1. The molecule has 1 aliphatic rings. The average Bonchev–Trinajstić information content (AvgIpc) is 3.37. The number of amides is 1. The van der Waals surface area contributed by atoms with Crippen LogP contribution in [0.3, 0.4) is 0 Å². The highest BCUT2D eigenvalue weighted by atomic mass is 16.6. The fourth-order valence-electron chi connectivity index (χ4n) is 3.84. The summed E-state index contributed by atoms with van der Waals surface area (Å²) in [5.74, 6) is -0.503. The Hall–Kier alpha value is -3.67. The van der Waals surface area contributed by atoms with Crippen LogP contribution in [0.4, 0.5) is 5.69 Å². The summed E-state index contributed by atoms with van der Waals surface area (Å²) >= 11 is 0. The lowest BCUT2D eigenvalue weighted by atomic mass is 10.1. The van der Waals surface area contributed by atoms with Crippen LogP contribution in [0.25, 0.3) is 11.3 Å². The van der Waals surface area contributed by atoms with Gasteiger partial charge in [0.1, 0.15) is 5.76 Å². The number of Topliss-reactive ketones (excluding diaryl/α,β-unsaturated/α-hetero) is 1. The van der Waals surface area contributed by atoms with E-state index in [-0.39, 0.29) is 23.5 Å². The van der Waals surface area contributed by atoms with Crippen LogP contribution in [0, 0.1) is 0 Å². The molecular weight excluding hydrogens is 394 g/mol. The maximum atomic E-state index is 13.0. The molecule has 2 atom stereocenters. The number of benzene rings is 2. The summed E-state index contributed by atoms with van der Waals surface area (Å²) in [6.07, 6.45) is -0.184. The van der Waals surface area contributed by atoms with E-state index in [1.165, 1.54) is 13.0 Å². The molecule has 31 heavy (non-hydrogen) atoms. The molecule has 3 aromatic rings. The highest BCUT2D eigenvalue weighted by Crippen LogP contribution is 2.32. The van der Waals surface area contributed by atoms with Gasteiger partial charge in [0.25, 0.3) is 5.91 Å². The van der Waals surface area contributed by atoms with Crippen molar-refractivity contribution in [2.24, 2.45) is 0 Å². The number of furan rings is 1. The summed E-state index contributed by atoms with van der Waals surface area (Å²) in [5, 5.41) is 0. The van der Waals surface area contributed by atoms with Gasteiger partial charge in [-0.25, -0.2) is 4.79 Å². The molecule has 2 heterocycles. The van der Waals surface area contributed by atoms with Gasteiger partial charge in [-0.15, -0.1) is 0 Å². The number of hydrogen-bond donors (Lipinski definition) is 0. The highest BCUT2D eigenvalue weighted by Gasteiger charge is 2.34. The van der Waals surface area contributed by atoms with E-state index in [0.29, 0.717) is 11.3 Å². The van der Waals surface area contributed by atoms with E-state index in [9.17, 15) is 14.4 Å². The summed E-state index contributed by atoms with van der Waals surface area (Å²) in [4.78, 5) is 38.7. The van der Waals surface area contributed by atoms with Gasteiger partial charge in [-0.1, -0.05) is 42.5 Å². The third kappa shape index (κ3) is 4.01. The first-order chi connectivity index (χ1) is 14.8. The molecule has 4 rings (SSSR count). The predicted molar refractivity (Wildman–Crippen MR) is 116 cm³/mol. The number of carbonyl (C=O) groups excluding carboxylic acids is 3. The quantitative estimate of drug-likeness (QED) is 0.445. The zero-order chi connectivity index (χ0) is 22.1. The van der Waals surface area contributed by atoms with E-state index in [4.69, 9.17) is 9.15 Å². The van der Waals surface area contributed by atoms with Crippen molar-refractivity contribution in [1.29, 1.82) is 0 Å². The zero-order valence-electron chi connectivity index (χ0n) is 17.6. The molecule has 6 nitrogen and oxygen atoms in total. The van der Waals surface area contributed by atoms with Crippen LogP contribution in [-0.4, -0.2) is 29.8 Å². The normalized spacial score (nSPS) is 16.0. The van der Waals surface area contributed by atoms with Gasteiger partial charge in [0.15, 0.2) is 11.9 Å². The molecule has 2 aromatic carbocycles. The standard InChI is InChI=1S/C25H23NO5/c1-15-14-20-6-4-5-7-21(20)26(15)24(28)17(3)30-25(29)23-13-12-22(31-23)19-10-8-18(9-11-19)16(2)27/h4-13,15,17H,14H2,1-3H3/t15-,17+/m0/s1. The van der Waals surface area contributed by atoms with Crippen molar-refractivity contribution in [3.63, 3.8) is 0 Å². The van der Waals surface area contributed by atoms with Crippen molar-refractivity contribution in [3.05, 3.63) is 77.6 Å². The predicted octanol–water partition coefficient (Wildman–Crippen LogP) is 4.67. The fourth-order valence-corrected chi connectivity index (χ4v) is 3.84. The number of hydrogen-bond acceptors (Lipinski definition) is 5. The first-order valence-corrected chi connectivity index (χ1v) is 10.2. The Bertz CT molecular complexity index is 1140. The minimum Gasteiger partial charge on any atom is -0.449 e. The third-order valence-corrected chi connectivity index (χ3v) is 5.46. The molecule has 1 amide bonds. The zero-order valence-corrected chi connectivity index (χ0v) is 17.6. The van der Waals surface area contributed by atoms with Crippen LogP contribution in [0.15, 0.2) is 65.1 Å². The van der Waals surface area contributed by atoms with E-state index in [1.54, 1.807) is 42.2 Å². The number of carbonyl (C=O) groups is 3. The van der Waals surface area contributed by atoms with Gasteiger partial charge in [-0.3, -0.25) is 9.59 Å². The number of anilines is 1. The monoisotopic (exact) mass is 417 g/mol. The minimum atomic E-state index is -0.954. The summed E-state index contributed by atoms with van der Waals surface area (Å²) in [5.41, 5.74) is 3.29. The molecule has 0 aliphatic carbocycles. The number of fused-ring (bicyclic) bond motifs is 1. The highest BCUT2D eigenvalue weighted by molar-refractivity contribution is 6.00. The molecular formula is C25H23NO5. The van der Waals surface area contributed by atoms with E-state index >= 15 is 0 Å². The van der Waals surface area contributed by atoms with Crippen molar-refractivity contribution in [3.8, 4) is 11.3 Å². The summed E-state index contributed by atoms with van der Waals surface area (Å²) in [6.45, 7) is 5.04. The Morgan fingerprint density at radius 1 is 1.03 bits per heavy atom. The van der Waals surface area contributed by atoms with E-state index in [2.05, 4.69) is 0 Å². The Labute approximate surface area is 180 Å². The first kappa shape index (κ1) is 20.6. The van der Waals surface area contributed by atoms with Gasteiger partial charge in [-0.05, 0) is 51.0 Å². The molecule has 0 saturated carbocycles. The molecule has 0 unspecified atom stereocenters. The Balaban J connectivity index is 1.45. The molecule has 0 bridgehead atoms. The lowest BCUT2D eigenvalue weighted by molar-refractivity contribution is -0.126. The van der Waals surface area contributed by atoms with Crippen molar-refractivity contribution in [2.45, 2.75) is 39.3 Å². The van der Waals surface area contributed by atoms with Gasteiger partial charge < -0.3 is 14.1 Å². The van der Waals surface area contributed by atoms with Gasteiger partial charge in [-0.2, -0.15) is 0 Å². The number of esters is 1. The smallest absolute Gasteiger partial charge is 0.375 e. The van der Waals surface area contributed by atoms with Crippen LogP contribution in [0.1, 0.15) is 47.2 Å². The number of ketones is 1. The molecule has 0 N–H and O–H groups in total. The first-order valence-electron chi connectivity index (χ1n) is 10.2. The number of rotatable bonds is 5. The van der Waals surface area contributed by atoms with Gasteiger partial charge in [0.05, 0.1) is 0 Å². The molecule has 0 radical (unpaired) electrons. The largest absolute Gasteiger partial charge is 0.449 e. The molecule has 158 valence electrons. The van der Waals surface area contributed by atoms with Crippen molar-refractivity contribution >= 4 is 23.3 Å². The van der Waals surface area contributed by atoms with Crippen LogP contribution < -0.4 is 4.90 Å². The van der Waals surface area contributed by atoms with E-state index < -0.39 is 12.1 Å². The van der Waals surface area contributed by atoms with Gasteiger partial charge in [0, 0.05) is 22.9 Å². The number of nitrogens with zero attached hydrogens (tertiary/aromatic N) is 1. The third-order valence-electron chi connectivity index (χ3n) is 5.46. The molecule has 0 fully saturated rings. The topological polar surface area (TPSA) is 76.8 Å². The Morgan fingerprint density at radius 3 is 2.45 bits per heavy atom. The molecule has 1 aliphatic heterocycles. The van der Waals surface area contributed by atoms with E-state index in [1.807, 2.05) is 31.2 Å². The van der Waals surface area contributed by atoms with Crippen LogP contribution in [0.5, 0.6) is 0 Å². The van der Waals surface area contributed by atoms with Crippen molar-refractivity contribution in [2.75, 3.05) is 4.90 Å². The number of ether oxygens (including phenoxy) is 1. The molecule has 0 spiro atoms. The summed E-state index contributed by atoms with van der Waals surface area (Å²) in [6, 6.07) is 17.8. The maximum absolute atomic E-state index is 13.0. The second-order valence-corrected chi connectivity index (χ2v) is 7.74. The molecule has 6 heteroatoms. The molecule has 0 saturated heterocycles. The van der Waals surface area contributed by atoms with Crippen LogP contribution in [0.2, 0.25) is 0 Å². The fraction of sp³-hybridized carbons (Fsp3) is 0.240. The second kappa shape index (κ2) is 8.22. The van der Waals surface area contributed by atoms with Crippen LogP contribution in [-0.2, 0) is 16.0 Å².